The van der Waals surface area contributed by atoms with E-state index in [0.717, 1.165) is 12.1 Å². The van der Waals surface area contributed by atoms with Gasteiger partial charge in [0.05, 0.1) is 23.3 Å². The molecule has 0 saturated heterocycles. The Labute approximate surface area is 134 Å². The largest absolute Gasteiger partial charge is 0.465 e. The van der Waals surface area contributed by atoms with E-state index < -0.39 is 21.8 Å². The molecule has 0 radical (unpaired) electrons. The molecule has 0 aliphatic rings. The van der Waals surface area contributed by atoms with E-state index in [-0.39, 0.29) is 16.1 Å². The molecule has 0 atom stereocenters. The number of hydrogen-bond donors (Lipinski definition) is 1. The zero-order chi connectivity index (χ0) is 17.2. The zero-order valence-corrected chi connectivity index (χ0v) is 13.7. The maximum absolute atomic E-state index is 13.1. The van der Waals surface area contributed by atoms with Crippen molar-refractivity contribution in [3.05, 3.63) is 58.9 Å². The molecule has 0 amide bonds. The first-order chi connectivity index (χ1) is 10.7. The van der Waals surface area contributed by atoms with Gasteiger partial charge in [-0.05, 0) is 55.3 Å². The number of aryl methyl sites for hydroxylation is 2. The summed E-state index contributed by atoms with van der Waals surface area (Å²) in [6, 6.07) is 7.99. The number of carbonyl (C=O) groups is 1. The molecular weight excluding hydrogens is 321 g/mol. The van der Waals surface area contributed by atoms with Crippen molar-refractivity contribution in [2.24, 2.45) is 0 Å². The highest BCUT2D eigenvalue weighted by Gasteiger charge is 2.19. The summed E-state index contributed by atoms with van der Waals surface area (Å²) in [5.74, 6) is -1.08. The summed E-state index contributed by atoms with van der Waals surface area (Å²) in [5.41, 5.74) is 1.42. The minimum absolute atomic E-state index is 0.0261. The number of esters is 1. The Morgan fingerprint density at radius 1 is 1.09 bits per heavy atom. The van der Waals surface area contributed by atoms with E-state index in [1.807, 2.05) is 0 Å². The van der Waals surface area contributed by atoms with Crippen LogP contribution in [0.5, 0.6) is 0 Å². The maximum Gasteiger partial charge on any atom is 0.337 e. The predicted molar refractivity (Wildman–Crippen MR) is 84.5 cm³/mol. The first-order valence-corrected chi connectivity index (χ1v) is 8.21. The van der Waals surface area contributed by atoms with Gasteiger partial charge in [0, 0.05) is 0 Å². The van der Waals surface area contributed by atoms with Crippen LogP contribution in [0.25, 0.3) is 0 Å². The Morgan fingerprint density at radius 3 is 2.39 bits per heavy atom. The van der Waals surface area contributed by atoms with Gasteiger partial charge in [-0.15, -0.1) is 0 Å². The van der Waals surface area contributed by atoms with Crippen molar-refractivity contribution in [1.29, 1.82) is 0 Å². The number of methoxy groups -OCH3 is 1. The van der Waals surface area contributed by atoms with Gasteiger partial charge in [0.1, 0.15) is 5.82 Å². The molecule has 0 spiro atoms. The number of sulfonamides is 1. The minimum atomic E-state index is -3.90. The van der Waals surface area contributed by atoms with E-state index in [1.165, 1.54) is 26.2 Å². The van der Waals surface area contributed by atoms with Crippen LogP contribution in [0.3, 0.4) is 0 Å². The van der Waals surface area contributed by atoms with Crippen LogP contribution in [0.2, 0.25) is 0 Å². The van der Waals surface area contributed by atoms with E-state index in [2.05, 4.69) is 9.46 Å². The van der Waals surface area contributed by atoms with Crippen LogP contribution >= 0.6 is 0 Å². The fourth-order valence-corrected chi connectivity index (χ4v) is 3.44. The first kappa shape index (κ1) is 17.0. The molecule has 0 aliphatic heterocycles. The van der Waals surface area contributed by atoms with Crippen molar-refractivity contribution in [1.82, 2.24) is 0 Å². The Morgan fingerprint density at radius 2 is 1.78 bits per heavy atom. The van der Waals surface area contributed by atoms with Crippen LogP contribution in [0.1, 0.15) is 21.5 Å². The van der Waals surface area contributed by atoms with Crippen LogP contribution < -0.4 is 4.72 Å². The Balaban J connectivity index is 2.43. The van der Waals surface area contributed by atoms with Crippen LogP contribution in [0, 0.1) is 19.7 Å². The lowest BCUT2D eigenvalue weighted by atomic mass is 10.1. The van der Waals surface area contributed by atoms with Crippen molar-refractivity contribution in [2.45, 2.75) is 18.7 Å². The monoisotopic (exact) mass is 337 g/mol. The fourth-order valence-electron chi connectivity index (χ4n) is 2.09. The third-order valence-corrected chi connectivity index (χ3v) is 4.86. The molecule has 0 unspecified atom stereocenters. The van der Waals surface area contributed by atoms with Gasteiger partial charge in [-0.2, -0.15) is 0 Å². The average molecular weight is 337 g/mol. The minimum Gasteiger partial charge on any atom is -0.465 e. The number of rotatable bonds is 4. The molecule has 23 heavy (non-hydrogen) atoms. The fraction of sp³-hybridized carbons (Fsp3) is 0.188. The summed E-state index contributed by atoms with van der Waals surface area (Å²) in [5, 5.41) is 0. The SMILES string of the molecule is COC(=O)c1ccc(C)c(NS(=O)(=O)c2ccc(F)cc2C)c1. The quantitative estimate of drug-likeness (QED) is 0.871. The molecular formula is C16H16FNO4S. The molecule has 0 saturated carbocycles. The lowest BCUT2D eigenvalue weighted by Gasteiger charge is -2.13. The molecule has 1 N–H and O–H groups in total. The molecule has 0 fully saturated rings. The summed E-state index contributed by atoms with van der Waals surface area (Å²) < 4.78 is 45.2. The van der Waals surface area contributed by atoms with Crippen molar-refractivity contribution >= 4 is 21.7 Å². The highest BCUT2D eigenvalue weighted by atomic mass is 32.2. The third kappa shape index (κ3) is 3.68. The average Bonchev–Trinajstić information content (AvgIpc) is 2.48. The van der Waals surface area contributed by atoms with Gasteiger partial charge in [-0.1, -0.05) is 6.07 Å². The van der Waals surface area contributed by atoms with E-state index in [9.17, 15) is 17.6 Å². The first-order valence-electron chi connectivity index (χ1n) is 6.72. The van der Waals surface area contributed by atoms with Gasteiger partial charge < -0.3 is 4.74 Å². The molecule has 7 heteroatoms. The molecule has 0 aromatic heterocycles. The molecule has 5 nitrogen and oxygen atoms in total. The number of ether oxygens (including phenoxy) is 1. The third-order valence-electron chi connectivity index (χ3n) is 3.33. The van der Waals surface area contributed by atoms with Gasteiger partial charge >= 0.3 is 5.97 Å². The lowest BCUT2D eigenvalue weighted by Crippen LogP contribution is -2.15. The van der Waals surface area contributed by atoms with Gasteiger partial charge in [0.25, 0.3) is 10.0 Å². The summed E-state index contributed by atoms with van der Waals surface area (Å²) >= 11 is 0. The van der Waals surface area contributed by atoms with Gasteiger partial charge in [0.2, 0.25) is 0 Å². The second kappa shape index (κ2) is 6.37. The number of benzene rings is 2. The molecule has 122 valence electrons. The van der Waals surface area contributed by atoms with Crippen molar-refractivity contribution < 1.29 is 22.3 Å². The highest BCUT2D eigenvalue weighted by Crippen LogP contribution is 2.23. The highest BCUT2D eigenvalue weighted by molar-refractivity contribution is 7.92. The molecule has 0 aliphatic carbocycles. The summed E-state index contributed by atoms with van der Waals surface area (Å²) in [4.78, 5) is 11.5. The molecule has 0 heterocycles. The normalized spacial score (nSPS) is 11.1. The lowest BCUT2D eigenvalue weighted by molar-refractivity contribution is 0.0601. The van der Waals surface area contributed by atoms with Crippen molar-refractivity contribution in [3.63, 3.8) is 0 Å². The number of hydrogen-bond acceptors (Lipinski definition) is 4. The molecule has 0 bridgehead atoms. The zero-order valence-electron chi connectivity index (χ0n) is 12.9. The van der Waals surface area contributed by atoms with E-state index in [1.54, 1.807) is 19.1 Å². The summed E-state index contributed by atoms with van der Waals surface area (Å²) in [7, 11) is -2.66. The van der Waals surface area contributed by atoms with Crippen LogP contribution in [-0.4, -0.2) is 21.5 Å². The Kier molecular flexibility index (Phi) is 4.70. The molecule has 2 aromatic rings. The van der Waals surface area contributed by atoms with Crippen molar-refractivity contribution in [3.8, 4) is 0 Å². The predicted octanol–water partition coefficient (Wildman–Crippen LogP) is 3.03. The maximum atomic E-state index is 13.1. The van der Waals surface area contributed by atoms with E-state index >= 15 is 0 Å². The Hall–Kier alpha value is -2.41. The standard InChI is InChI=1S/C16H16FNO4S/c1-10-4-5-12(16(19)22-3)9-14(10)18-23(20,21)15-7-6-13(17)8-11(15)2/h4-9,18H,1-3H3. The second-order valence-corrected chi connectivity index (χ2v) is 6.69. The van der Waals surface area contributed by atoms with Gasteiger partial charge in [0.15, 0.2) is 0 Å². The topological polar surface area (TPSA) is 72.5 Å². The smallest absolute Gasteiger partial charge is 0.337 e. The molecule has 2 rings (SSSR count). The number of anilines is 1. The summed E-state index contributed by atoms with van der Waals surface area (Å²) in [6.45, 7) is 3.21. The van der Waals surface area contributed by atoms with E-state index in [0.29, 0.717) is 11.1 Å². The van der Waals surface area contributed by atoms with Crippen LogP contribution in [-0.2, 0) is 14.8 Å². The number of nitrogens with one attached hydrogen (secondary N) is 1. The number of carbonyl (C=O) groups excluding carboxylic acids is 1. The van der Waals surface area contributed by atoms with Gasteiger partial charge in [-0.3, -0.25) is 4.72 Å². The second-order valence-electron chi connectivity index (χ2n) is 5.04. The van der Waals surface area contributed by atoms with E-state index in [4.69, 9.17) is 0 Å². The number of halogens is 1. The molecule has 2 aromatic carbocycles. The summed E-state index contributed by atoms with van der Waals surface area (Å²) in [6.07, 6.45) is 0. The van der Waals surface area contributed by atoms with Crippen LogP contribution in [0.15, 0.2) is 41.3 Å². The van der Waals surface area contributed by atoms with Gasteiger partial charge in [-0.25, -0.2) is 17.6 Å². The van der Waals surface area contributed by atoms with Crippen molar-refractivity contribution in [2.75, 3.05) is 11.8 Å². The van der Waals surface area contributed by atoms with Crippen LogP contribution in [0.4, 0.5) is 10.1 Å². The Bertz CT molecular complexity index is 862.